The van der Waals surface area contributed by atoms with Crippen LogP contribution in [-0.2, 0) is 4.79 Å². The van der Waals surface area contributed by atoms with Gasteiger partial charge in [-0.1, -0.05) is 20.3 Å². The van der Waals surface area contributed by atoms with Crippen LogP contribution in [0.25, 0.3) is 0 Å². The lowest BCUT2D eigenvalue weighted by molar-refractivity contribution is -0.137. The summed E-state index contributed by atoms with van der Waals surface area (Å²) < 4.78 is 0. The number of likely N-dealkylation sites (tertiary alicyclic amines) is 1. The molecular formula is C18H26N4O. The third-order valence-corrected chi connectivity index (χ3v) is 5.84. The molecule has 0 aromatic carbocycles. The molecule has 5 heteroatoms. The van der Waals surface area contributed by atoms with Gasteiger partial charge in [0.25, 0.3) is 0 Å². The first kappa shape index (κ1) is 14.9. The molecule has 2 aliphatic heterocycles. The standard InChI is InChI=1S/C18H26N4O/c1-12(2)16-6-17(20-11-19-16)21-7-14-9-22(10-15(14)8-21)18(23)13-4-3-5-13/h6,11-15H,3-5,7-10H2,1-2H3. The number of rotatable bonds is 3. The van der Waals surface area contributed by atoms with Crippen molar-refractivity contribution < 1.29 is 4.79 Å². The largest absolute Gasteiger partial charge is 0.356 e. The minimum absolute atomic E-state index is 0.334. The van der Waals surface area contributed by atoms with E-state index < -0.39 is 0 Å². The van der Waals surface area contributed by atoms with Crippen molar-refractivity contribution in [2.45, 2.75) is 39.0 Å². The number of anilines is 1. The van der Waals surface area contributed by atoms with Crippen molar-refractivity contribution in [3.8, 4) is 0 Å². The minimum atomic E-state index is 0.334. The number of hydrogen-bond donors (Lipinski definition) is 0. The van der Waals surface area contributed by atoms with Crippen LogP contribution >= 0.6 is 0 Å². The first-order chi connectivity index (χ1) is 11.1. The van der Waals surface area contributed by atoms with Crippen LogP contribution in [0.15, 0.2) is 12.4 Å². The van der Waals surface area contributed by atoms with E-state index in [1.165, 1.54) is 6.42 Å². The summed E-state index contributed by atoms with van der Waals surface area (Å²) in [4.78, 5) is 25.8. The second-order valence-electron chi connectivity index (χ2n) is 7.75. The Kier molecular flexibility index (Phi) is 3.74. The number of aromatic nitrogens is 2. The third kappa shape index (κ3) is 2.70. The third-order valence-electron chi connectivity index (χ3n) is 5.84. The van der Waals surface area contributed by atoms with Crippen molar-refractivity contribution in [3.05, 3.63) is 18.1 Å². The molecule has 2 atom stereocenters. The van der Waals surface area contributed by atoms with Crippen LogP contribution in [0.5, 0.6) is 0 Å². The van der Waals surface area contributed by atoms with Gasteiger partial charge in [0.1, 0.15) is 12.1 Å². The Hall–Kier alpha value is -1.65. The Morgan fingerprint density at radius 1 is 1.13 bits per heavy atom. The van der Waals surface area contributed by atoms with Gasteiger partial charge in [-0.3, -0.25) is 4.79 Å². The maximum absolute atomic E-state index is 12.4. The summed E-state index contributed by atoms with van der Waals surface area (Å²) in [5.41, 5.74) is 1.11. The zero-order chi connectivity index (χ0) is 16.0. The molecule has 0 spiro atoms. The molecule has 0 bridgehead atoms. The molecule has 1 aliphatic carbocycles. The topological polar surface area (TPSA) is 49.3 Å². The fraction of sp³-hybridized carbons (Fsp3) is 0.722. The lowest BCUT2D eigenvalue weighted by Crippen LogP contribution is -2.39. The molecule has 2 unspecified atom stereocenters. The van der Waals surface area contributed by atoms with Crippen LogP contribution in [0, 0.1) is 17.8 Å². The van der Waals surface area contributed by atoms with E-state index in [1.54, 1.807) is 6.33 Å². The minimum Gasteiger partial charge on any atom is -0.356 e. The van der Waals surface area contributed by atoms with Gasteiger partial charge >= 0.3 is 0 Å². The first-order valence-corrected chi connectivity index (χ1v) is 8.97. The van der Waals surface area contributed by atoms with Crippen molar-refractivity contribution in [2.24, 2.45) is 17.8 Å². The molecule has 0 radical (unpaired) electrons. The molecule has 0 N–H and O–H groups in total. The van der Waals surface area contributed by atoms with E-state index in [-0.39, 0.29) is 0 Å². The summed E-state index contributed by atoms with van der Waals surface area (Å²) in [6, 6.07) is 2.13. The molecule has 1 aromatic heterocycles. The van der Waals surface area contributed by atoms with Gasteiger partial charge in [0.15, 0.2) is 0 Å². The van der Waals surface area contributed by atoms with Gasteiger partial charge in [-0.2, -0.15) is 0 Å². The van der Waals surface area contributed by atoms with Crippen LogP contribution in [0.1, 0.15) is 44.7 Å². The molecule has 3 fully saturated rings. The number of nitrogens with zero attached hydrogens (tertiary/aromatic N) is 4. The average molecular weight is 314 g/mol. The Morgan fingerprint density at radius 2 is 1.83 bits per heavy atom. The number of hydrogen-bond acceptors (Lipinski definition) is 4. The quantitative estimate of drug-likeness (QED) is 0.859. The van der Waals surface area contributed by atoms with E-state index in [0.717, 1.165) is 50.5 Å². The first-order valence-electron chi connectivity index (χ1n) is 8.97. The highest BCUT2D eigenvalue weighted by Gasteiger charge is 2.43. The molecule has 3 aliphatic rings. The molecule has 2 saturated heterocycles. The molecule has 1 saturated carbocycles. The van der Waals surface area contributed by atoms with Crippen molar-refractivity contribution in [1.29, 1.82) is 0 Å². The van der Waals surface area contributed by atoms with Crippen molar-refractivity contribution in [2.75, 3.05) is 31.1 Å². The highest BCUT2D eigenvalue weighted by molar-refractivity contribution is 5.80. The molecule has 1 amide bonds. The smallest absolute Gasteiger partial charge is 0.225 e. The number of carbonyl (C=O) groups is 1. The zero-order valence-electron chi connectivity index (χ0n) is 14.1. The number of carbonyl (C=O) groups excluding carboxylic acids is 1. The zero-order valence-corrected chi connectivity index (χ0v) is 14.1. The van der Waals surface area contributed by atoms with E-state index >= 15 is 0 Å². The highest BCUT2D eigenvalue weighted by atomic mass is 16.2. The van der Waals surface area contributed by atoms with E-state index in [9.17, 15) is 4.79 Å². The normalized spacial score (nSPS) is 27.4. The monoisotopic (exact) mass is 314 g/mol. The predicted octanol–water partition coefficient (Wildman–Crippen LogP) is 2.29. The van der Waals surface area contributed by atoms with Crippen molar-refractivity contribution >= 4 is 11.7 Å². The Labute approximate surface area is 138 Å². The Balaban J connectivity index is 1.40. The predicted molar refractivity (Wildman–Crippen MR) is 89.2 cm³/mol. The summed E-state index contributed by atoms with van der Waals surface area (Å²) in [7, 11) is 0. The molecule has 1 aromatic rings. The average Bonchev–Trinajstić information content (AvgIpc) is 3.04. The maximum Gasteiger partial charge on any atom is 0.225 e. The van der Waals surface area contributed by atoms with Gasteiger partial charge in [-0.05, 0) is 18.8 Å². The van der Waals surface area contributed by atoms with Crippen LogP contribution in [0.2, 0.25) is 0 Å². The summed E-state index contributed by atoms with van der Waals surface area (Å²) in [6.07, 6.45) is 5.13. The Bertz CT molecular complexity index is 584. The summed E-state index contributed by atoms with van der Waals surface area (Å²) in [6.45, 7) is 8.25. The lowest BCUT2D eigenvalue weighted by Gasteiger charge is -2.30. The summed E-state index contributed by atoms with van der Waals surface area (Å²) in [5, 5.41) is 0. The summed E-state index contributed by atoms with van der Waals surface area (Å²) in [5.74, 6) is 3.44. The molecule has 124 valence electrons. The second kappa shape index (κ2) is 5.77. The molecule has 23 heavy (non-hydrogen) atoms. The lowest BCUT2D eigenvalue weighted by atomic mass is 9.84. The molecule has 3 heterocycles. The van der Waals surface area contributed by atoms with E-state index in [4.69, 9.17) is 0 Å². The van der Waals surface area contributed by atoms with Crippen molar-refractivity contribution in [1.82, 2.24) is 14.9 Å². The maximum atomic E-state index is 12.4. The summed E-state index contributed by atoms with van der Waals surface area (Å²) >= 11 is 0. The van der Waals surface area contributed by atoms with E-state index in [0.29, 0.717) is 29.6 Å². The SMILES string of the molecule is CC(C)c1cc(N2CC3CN(C(=O)C4CCC4)CC3C2)ncn1. The van der Waals surface area contributed by atoms with Gasteiger partial charge in [-0.25, -0.2) is 9.97 Å². The molecule has 5 nitrogen and oxygen atoms in total. The molecule has 4 rings (SSSR count). The fourth-order valence-corrected chi connectivity index (χ4v) is 4.12. The van der Waals surface area contributed by atoms with Crippen LogP contribution < -0.4 is 4.90 Å². The van der Waals surface area contributed by atoms with Crippen LogP contribution in [0.3, 0.4) is 0 Å². The van der Waals surface area contributed by atoms with Crippen LogP contribution in [-0.4, -0.2) is 47.0 Å². The molecular weight excluding hydrogens is 288 g/mol. The van der Waals surface area contributed by atoms with Gasteiger partial charge in [0, 0.05) is 55.7 Å². The van der Waals surface area contributed by atoms with E-state index in [2.05, 4.69) is 39.7 Å². The number of amides is 1. The second-order valence-corrected chi connectivity index (χ2v) is 7.75. The van der Waals surface area contributed by atoms with Gasteiger partial charge < -0.3 is 9.80 Å². The fourth-order valence-electron chi connectivity index (χ4n) is 4.12. The Morgan fingerprint density at radius 3 is 2.39 bits per heavy atom. The van der Waals surface area contributed by atoms with E-state index in [1.807, 2.05) is 0 Å². The highest BCUT2D eigenvalue weighted by Crippen LogP contribution is 2.36. The van der Waals surface area contributed by atoms with Gasteiger partial charge in [-0.15, -0.1) is 0 Å². The van der Waals surface area contributed by atoms with Crippen LogP contribution in [0.4, 0.5) is 5.82 Å². The van der Waals surface area contributed by atoms with Crippen molar-refractivity contribution in [3.63, 3.8) is 0 Å². The number of fused-ring (bicyclic) bond motifs is 1. The van der Waals surface area contributed by atoms with Gasteiger partial charge in [0.05, 0.1) is 0 Å². The van der Waals surface area contributed by atoms with Gasteiger partial charge in [0.2, 0.25) is 5.91 Å².